The van der Waals surface area contributed by atoms with Crippen molar-refractivity contribution in [1.29, 1.82) is 0 Å². The summed E-state index contributed by atoms with van der Waals surface area (Å²) in [5, 5.41) is 10.2. The van der Waals surface area contributed by atoms with Crippen molar-refractivity contribution in [2.45, 2.75) is 0 Å². The standard InChI is InChI=1S/C63H42N4SSi/c1-4-21-47(22-5-1)69(48-23-6-2-7-24-48,49-25-8-3-9-26-49)50-38-35-43(36-39-50)61-64-62(46-20-18-19-44(41-46)45-37-40-60-55(42-45)53-29-13-17-34-59(53)68-60)66-63(65-61)54-30-12-16-33-58(54)67-56-31-14-10-27-51(56)52-28-11-15-32-57(52)67/h1-42H. The lowest BCUT2D eigenvalue weighted by Crippen LogP contribution is -2.74. The maximum absolute atomic E-state index is 5.41. The van der Waals surface area contributed by atoms with Crippen LogP contribution in [-0.4, -0.2) is 27.6 Å². The predicted molar refractivity (Wildman–Crippen MR) is 292 cm³/mol. The van der Waals surface area contributed by atoms with Crippen LogP contribution in [0.5, 0.6) is 0 Å². The lowest BCUT2D eigenvalue weighted by atomic mass is 10.0. The molecule has 10 aromatic carbocycles. The number of benzene rings is 10. The van der Waals surface area contributed by atoms with E-state index < -0.39 is 8.07 Å². The molecule has 3 heterocycles. The van der Waals surface area contributed by atoms with Gasteiger partial charge in [0.1, 0.15) is 0 Å². The molecule has 69 heavy (non-hydrogen) atoms. The Bertz CT molecular complexity index is 3860. The third-order valence-electron chi connectivity index (χ3n) is 13.6. The van der Waals surface area contributed by atoms with Crippen molar-refractivity contribution in [2.75, 3.05) is 0 Å². The highest BCUT2D eigenvalue weighted by Gasteiger charge is 2.41. The van der Waals surface area contributed by atoms with Crippen molar-refractivity contribution in [1.82, 2.24) is 19.5 Å². The van der Waals surface area contributed by atoms with Crippen LogP contribution >= 0.6 is 11.3 Å². The van der Waals surface area contributed by atoms with Crippen LogP contribution in [0.25, 0.3) is 93.0 Å². The predicted octanol–water partition coefficient (Wildman–Crippen LogP) is 13.4. The second kappa shape index (κ2) is 17.0. The number of rotatable bonds is 9. The molecule has 0 unspecified atom stereocenters. The molecule has 0 aliphatic rings. The molecule has 0 fully saturated rings. The molecular formula is C63H42N4SSi. The van der Waals surface area contributed by atoms with Gasteiger partial charge in [-0.05, 0) is 80.4 Å². The van der Waals surface area contributed by atoms with Gasteiger partial charge in [0.2, 0.25) is 0 Å². The molecule has 6 heteroatoms. The summed E-state index contributed by atoms with van der Waals surface area (Å²) in [6.45, 7) is 0. The molecule has 0 saturated carbocycles. The highest BCUT2D eigenvalue weighted by molar-refractivity contribution is 7.25. The fraction of sp³-hybridized carbons (Fsp3) is 0. The molecule has 0 bridgehead atoms. The fourth-order valence-corrected chi connectivity index (χ4v) is 16.3. The first-order valence-electron chi connectivity index (χ1n) is 23.3. The van der Waals surface area contributed by atoms with Gasteiger partial charge >= 0.3 is 0 Å². The van der Waals surface area contributed by atoms with Gasteiger partial charge < -0.3 is 4.57 Å². The first-order chi connectivity index (χ1) is 34.2. The number of hydrogen-bond donors (Lipinski definition) is 0. The van der Waals surface area contributed by atoms with Crippen LogP contribution in [-0.2, 0) is 0 Å². The Labute approximate surface area is 405 Å². The van der Waals surface area contributed by atoms with E-state index in [0.717, 1.165) is 44.5 Å². The van der Waals surface area contributed by atoms with E-state index >= 15 is 0 Å². The van der Waals surface area contributed by atoms with Gasteiger partial charge in [0.15, 0.2) is 25.5 Å². The summed E-state index contributed by atoms with van der Waals surface area (Å²) in [5.41, 5.74) is 8.26. The van der Waals surface area contributed by atoms with Gasteiger partial charge in [0, 0.05) is 47.6 Å². The van der Waals surface area contributed by atoms with Crippen LogP contribution in [0.3, 0.4) is 0 Å². The van der Waals surface area contributed by atoms with E-state index in [0.29, 0.717) is 17.5 Å². The summed E-state index contributed by atoms with van der Waals surface area (Å²) < 4.78 is 4.93. The van der Waals surface area contributed by atoms with E-state index in [9.17, 15) is 0 Å². The van der Waals surface area contributed by atoms with Crippen LogP contribution in [0.4, 0.5) is 0 Å². The van der Waals surface area contributed by atoms with Crippen LogP contribution < -0.4 is 20.7 Å². The van der Waals surface area contributed by atoms with E-state index in [1.54, 1.807) is 0 Å². The van der Waals surface area contributed by atoms with E-state index in [1.807, 2.05) is 11.3 Å². The Morgan fingerprint density at radius 1 is 0.304 bits per heavy atom. The van der Waals surface area contributed by atoms with E-state index in [4.69, 9.17) is 15.0 Å². The molecule has 0 aliphatic carbocycles. The Kier molecular flexibility index (Phi) is 10.00. The highest BCUT2D eigenvalue weighted by atomic mass is 32.1. The van der Waals surface area contributed by atoms with Gasteiger partial charge in [-0.15, -0.1) is 11.3 Å². The first kappa shape index (κ1) is 40.7. The summed E-state index contributed by atoms with van der Waals surface area (Å²) in [6, 6.07) is 92.0. The minimum Gasteiger partial charge on any atom is -0.309 e. The second-order valence-electron chi connectivity index (χ2n) is 17.5. The molecule has 0 amide bonds. The SMILES string of the molecule is c1ccc([Si](c2ccccc2)(c2ccccc2)c2ccc(-c3nc(-c4cccc(-c5ccc6sc7ccccc7c6c5)c4)nc(-c4ccccc4-n4c5ccccc5c5ccccc54)n3)cc2)cc1. The van der Waals surface area contributed by atoms with Gasteiger partial charge in [-0.2, -0.15) is 0 Å². The smallest absolute Gasteiger partial charge is 0.179 e. The molecule has 0 radical (unpaired) electrons. The Hall–Kier alpha value is -8.55. The second-order valence-corrected chi connectivity index (χ2v) is 22.4. The lowest BCUT2D eigenvalue weighted by Gasteiger charge is -2.34. The number of hydrogen-bond acceptors (Lipinski definition) is 4. The van der Waals surface area contributed by atoms with Gasteiger partial charge in [-0.3, -0.25) is 0 Å². The molecule has 324 valence electrons. The van der Waals surface area contributed by atoms with Crippen molar-refractivity contribution in [2.24, 2.45) is 0 Å². The number of nitrogens with zero attached hydrogens (tertiary/aromatic N) is 4. The van der Waals surface area contributed by atoms with Gasteiger partial charge in [0.05, 0.1) is 16.7 Å². The minimum atomic E-state index is -2.76. The maximum atomic E-state index is 5.41. The van der Waals surface area contributed by atoms with Crippen molar-refractivity contribution < 1.29 is 0 Å². The topological polar surface area (TPSA) is 43.6 Å². The summed E-state index contributed by atoms with van der Waals surface area (Å²) in [6.07, 6.45) is 0. The Morgan fingerprint density at radius 2 is 0.768 bits per heavy atom. The Morgan fingerprint density at radius 3 is 1.42 bits per heavy atom. The summed E-state index contributed by atoms with van der Waals surface area (Å²) >= 11 is 1.84. The molecule has 0 aliphatic heterocycles. The highest BCUT2D eigenvalue weighted by Crippen LogP contribution is 2.39. The summed E-state index contributed by atoms with van der Waals surface area (Å²) in [7, 11) is -2.76. The average molecular weight is 915 g/mol. The molecule has 13 rings (SSSR count). The molecule has 4 nitrogen and oxygen atoms in total. The number of aromatic nitrogens is 4. The molecule has 0 spiro atoms. The van der Waals surface area contributed by atoms with Crippen LogP contribution in [0.1, 0.15) is 0 Å². The van der Waals surface area contributed by atoms with Crippen molar-refractivity contribution >= 4 is 82.1 Å². The van der Waals surface area contributed by atoms with Crippen molar-refractivity contribution in [3.05, 3.63) is 255 Å². The third kappa shape index (κ3) is 6.91. The van der Waals surface area contributed by atoms with E-state index in [-0.39, 0.29) is 0 Å². The van der Waals surface area contributed by atoms with E-state index in [2.05, 4.69) is 259 Å². The number of fused-ring (bicyclic) bond motifs is 6. The average Bonchev–Trinajstić information content (AvgIpc) is 3.98. The molecule has 0 atom stereocenters. The number of para-hydroxylation sites is 3. The van der Waals surface area contributed by atoms with Gasteiger partial charge in [-0.25, -0.2) is 15.0 Å². The zero-order valence-corrected chi connectivity index (χ0v) is 39.3. The van der Waals surface area contributed by atoms with Gasteiger partial charge in [0.25, 0.3) is 0 Å². The monoisotopic (exact) mass is 914 g/mol. The lowest BCUT2D eigenvalue weighted by molar-refractivity contribution is 1.06. The quantitative estimate of drug-likeness (QED) is 0.107. The number of thiophene rings is 1. The zero-order valence-electron chi connectivity index (χ0n) is 37.4. The van der Waals surface area contributed by atoms with Crippen LogP contribution in [0.2, 0.25) is 0 Å². The normalized spacial score (nSPS) is 11.8. The zero-order chi connectivity index (χ0) is 45.7. The summed E-state index contributed by atoms with van der Waals surface area (Å²) in [5.74, 6) is 1.83. The van der Waals surface area contributed by atoms with E-state index in [1.165, 1.54) is 51.7 Å². The third-order valence-corrected chi connectivity index (χ3v) is 19.6. The molecule has 13 aromatic rings. The Balaban J connectivity index is 1.00. The maximum Gasteiger partial charge on any atom is 0.179 e. The van der Waals surface area contributed by atoms with Crippen LogP contribution in [0.15, 0.2) is 255 Å². The van der Waals surface area contributed by atoms with Gasteiger partial charge in [-0.1, -0.05) is 206 Å². The molecular weight excluding hydrogens is 873 g/mol. The van der Waals surface area contributed by atoms with Crippen molar-refractivity contribution in [3.8, 4) is 51.0 Å². The molecule has 0 N–H and O–H groups in total. The summed E-state index contributed by atoms with van der Waals surface area (Å²) in [4.78, 5) is 16.2. The van der Waals surface area contributed by atoms with Crippen LogP contribution in [0, 0.1) is 0 Å². The fourth-order valence-electron chi connectivity index (χ4n) is 10.5. The molecule has 3 aromatic heterocycles. The first-order valence-corrected chi connectivity index (χ1v) is 26.2. The van der Waals surface area contributed by atoms with Crippen molar-refractivity contribution in [3.63, 3.8) is 0 Å². The molecule has 0 saturated heterocycles. The minimum absolute atomic E-state index is 0.606. The largest absolute Gasteiger partial charge is 0.309 e.